The number of rotatable bonds is 3. The van der Waals surface area contributed by atoms with E-state index in [1.54, 1.807) is 6.20 Å². The van der Waals surface area contributed by atoms with Crippen LogP contribution in [0.15, 0.2) is 36.5 Å². The topological polar surface area (TPSA) is 48.1 Å². The van der Waals surface area contributed by atoms with Gasteiger partial charge in [-0.05, 0) is 43.2 Å². The maximum Gasteiger partial charge on any atom is 0.145 e. The van der Waals surface area contributed by atoms with Crippen LogP contribution in [0.4, 0.5) is 0 Å². The van der Waals surface area contributed by atoms with E-state index in [9.17, 15) is 0 Å². The molecule has 0 atom stereocenters. The molecule has 3 heteroatoms. The van der Waals surface area contributed by atoms with Crippen LogP contribution in [0.5, 0.6) is 11.5 Å². The fraction of sp³-hybridized carbons (Fsp3) is 0.214. The molecule has 0 spiro atoms. The number of ether oxygens (including phenoxy) is 1. The molecule has 0 bridgehead atoms. The van der Waals surface area contributed by atoms with Gasteiger partial charge in [-0.3, -0.25) is 4.98 Å². The zero-order valence-electron chi connectivity index (χ0n) is 10.1. The first-order valence-electron chi connectivity index (χ1n) is 5.60. The highest BCUT2D eigenvalue weighted by molar-refractivity contribution is 5.41. The van der Waals surface area contributed by atoms with E-state index in [0.717, 1.165) is 22.8 Å². The molecule has 1 aromatic carbocycles. The van der Waals surface area contributed by atoms with Crippen LogP contribution in [-0.2, 0) is 6.54 Å². The van der Waals surface area contributed by atoms with Crippen LogP contribution in [0.25, 0.3) is 0 Å². The van der Waals surface area contributed by atoms with E-state index >= 15 is 0 Å². The molecule has 0 aliphatic carbocycles. The summed E-state index contributed by atoms with van der Waals surface area (Å²) in [5.41, 5.74) is 8.72. The minimum Gasteiger partial charge on any atom is -0.455 e. The fourth-order valence-corrected chi connectivity index (χ4v) is 1.55. The predicted molar refractivity (Wildman–Crippen MR) is 68.1 cm³/mol. The van der Waals surface area contributed by atoms with Gasteiger partial charge in [0.2, 0.25) is 0 Å². The molecule has 1 aromatic heterocycles. The lowest BCUT2D eigenvalue weighted by Gasteiger charge is -2.10. The Bertz CT molecular complexity index is 506. The van der Waals surface area contributed by atoms with Crippen molar-refractivity contribution in [1.29, 1.82) is 0 Å². The summed E-state index contributed by atoms with van der Waals surface area (Å²) in [7, 11) is 0. The van der Waals surface area contributed by atoms with Crippen molar-refractivity contribution >= 4 is 0 Å². The van der Waals surface area contributed by atoms with Gasteiger partial charge >= 0.3 is 0 Å². The Labute approximate surface area is 101 Å². The molecule has 0 amide bonds. The second-order valence-corrected chi connectivity index (χ2v) is 3.99. The van der Waals surface area contributed by atoms with Gasteiger partial charge < -0.3 is 10.5 Å². The first-order valence-corrected chi connectivity index (χ1v) is 5.60. The smallest absolute Gasteiger partial charge is 0.145 e. The van der Waals surface area contributed by atoms with E-state index in [0.29, 0.717) is 6.54 Å². The van der Waals surface area contributed by atoms with Gasteiger partial charge in [-0.2, -0.15) is 0 Å². The molecule has 0 aliphatic heterocycles. The van der Waals surface area contributed by atoms with Gasteiger partial charge in [0.1, 0.15) is 11.5 Å². The third-order valence-corrected chi connectivity index (χ3v) is 2.79. The van der Waals surface area contributed by atoms with Crippen molar-refractivity contribution in [3.8, 4) is 11.5 Å². The van der Waals surface area contributed by atoms with Gasteiger partial charge in [0, 0.05) is 6.54 Å². The van der Waals surface area contributed by atoms with Crippen LogP contribution in [0, 0.1) is 13.8 Å². The summed E-state index contributed by atoms with van der Waals surface area (Å²) in [6.45, 7) is 4.56. The van der Waals surface area contributed by atoms with Gasteiger partial charge in [-0.25, -0.2) is 0 Å². The minimum atomic E-state index is 0.448. The molecule has 0 saturated carbocycles. The fourth-order valence-electron chi connectivity index (χ4n) is 1.55. The van der Waals surface area contributed by atoms with Crippen molar-refractivity contribution in [2.75, 3.05) is 0 Å². The Morgan fingerprint density at radius 2 is 2.00 bits per heavy atom. The first-order chi connectivity index (χ1) is 8.20. The lowest BCUT2D eigenvalue weighted by atomic mass is 10.1. The molecule has 3 nitrogen and oxygen atoms in total. The van der Waals surface area contributed by atoms with Crippen molar-refractivity contribution < 1.29 is 4.74 Å². The van der Waals surface area contributed by atoms with Gasteiger partial charge in [0.05, 0.1) is 11.9 Å². The van der Waals surface area contributed by atoms with E-state index < -0.39 is 0 Å². The number of nitrogens with zero attached hydrogens (tertiary/aromatic N) is 1. The van der Waals surface area contributed by atoms with Crippen LogP contribution in [0.1, 0.15) is 16.8 Å². The van der Waals surface area contributed by atoms with Crippen molar-refractivity contribution in [3.63, 3.8) is 0 Å². The number of hydrogen-bond acceptors (Lipinski definition) is 3. The molecular weight excluding hydrogens is 212 g/mol. The van der Waals surface area contributed by atoms with Crippen LogP contribution >= 0.6 is 0 Å². The summed E-state index contributed by atoms with van der Waals surface area (Å²) >= 11 is 0. The summed E-state index contributed by atoms with van der Waals surface area (Å²) in [5.74, 6) is 1.60. The number of pyridine rings is 1. The van der Waals surface area contributed by atoms with Gasteiger partial charge in [0.25, 0.3) is 0 Å². The highest BCUT2D eigenvalue weighted by atomic mass is 16.5. The van der Waals surface area contributed by atoms with Gasteiger partial charge in [0.15, 0.2) is 0 Å². The standard InChI is InChI=1S/C14H16N2O/c1-10-4-3-5-14(11(10)2)17-13-7-6-12(8-15)16-9-13/h3-7,9H,8,15H2,1-2H3. The Morgan fingerprint density at radius 1 is 1.18 bits per heavy atom. The molecule has 0 unspecified atom stereocenters. The third-order valence-electron chi connectivity index (χ3n) is 2.79. The normalized spacial score (nSPS) is 10.3. The van der Waals surface area contributed by atoms with Crippen molar-refractivity contribution in [2.45, 2.75) is 20.4 Å². The van der Waals surface area contributed by atoms with Crippen LogP contribution in [0.2, 0.25) is 0 Å². The molecule has 2 N–H and O–H groups in total. The number of aryl methyl sites for hydroxylation is 1. The molecule has 0 aliphatic rings. The van der Waals surface area contributed by atoms with E-state index in [2.05, 4.69) is 18.0 Å². The van der Waals surface area contributed by atoms with E-state index in [4.69, 9.17) is 10.5 Å². The summed E-state index contributed by atoms with van der Waals surface area (Å²) < 4.78 is 5.79. The molecule has 2 rings (SSSR count). The summed E-state index contributed by atoms with van der Waals surface area (Å²) in [6, 6.07) is 9.77. The molecular formula is C14H16N2O. The van der Waals surface area contributed by atoms with Gasteiger partial charge in [-0.1, -0.05) is 12.1 Å². The average molecular weight is 228 g/mol. The number of benzene rings is 1. The molecule has 0 radical (unpaired) electrons. The minimum absolute atomic E-state index is 0.448. The molecule has 0 saturated heterocycles. The summed E-state index contributed by atoms with van der Waals surface area (Å²) in [5, 5.41) is 0. The molecule has 1 heterocycles. The molecule has 2 aromatic rings. The number of aromatic nitrogens is 1. The average Bonchev–Trinajstić information content (AvgIpc) is 2.36. The first kappa shape index (κ1) is 11.6. The zero-order valence-corrected chi connectivity index (χ0v) is 10.1. The Balaban J connectivity index is 2.22. The second kappa shape index (κ2) is 4.97. The number of nitrogens with two attached hydrogens (primary N) is 1. The lowest BCUT2D eigenvalue weighted by Crippen LogP contribution is -1.99. The maximum absolute atomic E-state index is 5.79. The molecule has 17 heavy (non-hydrogen) atoms. The van der Waals surface area contributed by atoms with Crippen LogP contribution in [-0.4, -0.2) is 4.98 Å². The Hall–Kier alpha value is -1.87. The highest BCUT2D eigenvalue weighted by Gasteiger charge is 2.03. The maximum atomic E-state index is 5.79. The van der Waals surface area contributed by atoms with Crippen molar-refractivity contribution in [1.82, 2.24) is 4.98 Å². The molecule has 88 valence electrons. The Kier molecular flexibility index (Phi) is 3.40. The second-order valence-electron chi connectivity index (χ2n) is 3.99. The number of hydrogen-bond donors (Lipinski definition) is 1. The monoisotopic (exact) mass is 228 g/mol. The van der Waals surface area contributed by atoms with Crippen molar-refractivity contribution in [3.05, 3.63) is 53.3 Å². The predicted octanol–water partition coefficient (Wildman–Crippen LogP) is 2.95. The quantitative estimate of drug-likeness (QED) is 0.878. The zero-order chi connectivity index (χ0) is 12.3. The van der Waals surface area contributed by atoms with Gasteiger partial charge in [-0.15, -0.1) is 0 Å². The largest absolute Gasteiger partial charge is 0.455 e. The summed E-state index contributed by atoms with van der Waals surface area (Å²) in [6.07, 6.45) is 1.70. The van der Waals surface area contributed by atoms with E-state index in [1.165, 1.54) is 5.56 Å². The highest BCUT2D eigenvalue weighted by Crippen LogP contribution is 2.26. The summed E-state index contributed by atoms with van der Waals surface area (Å²) in [4.78, 5) is 4.20. The van der Waals surface area contributed by atoms with Crippen LogP contribution in [0.3, 0.4) is 0 Å². The third kappa shape index (κ3) is 2.63. The van der Waals surface area contributed by atoms with Crippen molar-refractivity contribution in [2.24, 2.45) is 5.73 Å². The van der Waals surface area contributed by atoms with E-state index in [-0.39, 0.29) is 0 Å². The molecule has 0 fully saturated rings. The van der Waals surface area contributed by atoms with E-state index in [1.807, 2.05) is 31.2 Å². The van der Waals surface area contributed by atoms with Crippen LogP contribution < -0.4 is 10.5 Å². The lowest BCUT2D eigenvalue weighted by molar-refractivity contribution is 0.475. The Morgan fingerprint density at radius 3 is 2.65 bits per heavy atom. The SMILES string of the molecule is Cc1cccc(Oc2ccc(CN)nc2)c1C.